The molecule has 2 rings (SSSR count). The van der Waals surface area contributed by atoms with Crippen molar-refractivity contribution in [2.75, 3.05) is 7.05 Å². The van der Waals surface area contributed by atoms with Crippen LogP contribution in [0.15, 0.2) is 36.4 Å². The molecule has 3 heteroatoms. The van der Waals surface area contributed by atoms with Gasteiger partial charge in [-0.25, -0.2) is 4.39 Å². The Morgan fingerprint density at radius 3 is 2.53 bits per heavy atom. The maximum atomic E-state index is 13.5. The number of hydrogen-bond donors (Lipinski definition) is 1. The third kappa shape index (κ3) is 2.96. The molecule has 2 aromatic carbocycles. The molecule has 1 nitrogen and oxygen atoms in total. The monoisotopic (exact) mass is 277 g/mol. The summed E-state index contributed by atoms with van der Waals surface area (Å²) >= 11 is 6.18. The van der Waals surface area contributed by atoms with Crippen molar-refractivity contribution in [3.05, 3.63) is 69.5 Å². The van der Waals surface area contributed by atoms with Crippen LogP contribution in [0.4, 0.5) is 4.39 Å². The van der Waals surface area contributed by atoms with E-state index >= 15 is 0 Å². The standard InChI is InChI=1S/C16H17ClFN/c1-10-5-4-6-12(7-10)16(19-3)13-8-11(2)15(18)9-14(13)17/h4-9,16,19H,1-3H3. The zero-order valence-electron chi connectivity index (χ0n) is 11.3. The van der Waals surface area contributed by atoms with Crippen LogP contribution in [0.2, 0.25) is 5.02 Å². The fourth-order valence-electron chi connectivity index (χ4n) is 2.25. The fourth-order valence-corrected chi connectivity index (χ4v) is 2.51. The smallest absolute Gasteiger partial charge is 0.127 e. The Labute approximate surface area is 118 Å². The second-order valence-corrected chi connectivity index (χ2v) is 5.17. The molecule has 100 valence electrons. The molecular weight excluding hydrogens is 261 g/mol. The Morgan fingerprint density at radius 2 is 1.89 bits per heavy atom. The highest BCUT2D eigenvalue weighted by Crippen LogP contribution is 2.30. The number of rotatable bonds is 3. The van der Waals surface area contributed by atoms with E-state index < -0.39 is 0 Å². The molecule has 0 bridgehead atoms. The molecule has 0 aliphatic heterocycles. The molecule has 0 saturated carbocycles. The average Bonchev–Trinajstić information content (AvgIpc) is 2.36. The van der Waals surface area contributed by atoms with Crippen LogP contribution in [0.3, 0.4) is 0 Å². The van der Waals surface area contributed by atoms with Crippen LogP contribution in [-0.4, -0.2) is 7.05 Å². The SMILES string of the molecule is CNC(c1cccc(C)c1)c1cc(C)c(F)cc1Cl. The topological polar surface area (TPSA) is 12.0 Å². The van der Waals surface area contributed by atoms with E-state index in [2.05, 4.69) is 11.4 Å². The molecule has 0 aromatic heterocycles. The van der Waals surface area contributed by atoms with Crippen LogP contribution < -0.4 is 5.32 Å². The highest BCUT2D eigenvalue weighted by Gasteiger charge is 2.17. The van der Waals surface area contributed by atoms with Crippen molar-refractivity contribution in [2.24, 2.45) is 0 Å². The molecule has 0 fully saturated rings. The van der Waals surface area contributed by atoms with E-state index in [0.29, 0.717) is 10.6 Å². The van der Waals surface area contributed by atoms with E-state index in [0.717, 1.165) is 11.1 Å². The van der Waals surface area contributed by atoms with E-state index in [1.807, 2.05) is 32.2 Å². The fraction of sp³-hybridized carbons (Fsp3) is 0.250. The zero-order chi connectivity index (χ0) is 14.0. The van der Waals surface area contributed by atoms with Crippen molar-refractivity contribution in [3.63, 3.8) is 0 Å². The summed E-state index contributed by atoms with van der Waals surface area (Å²) in [5.74, 6) is -0.271. The first kappa shape index (κ1) is 14.0. The lowest BCUT2D eigenvalue weighted by Crippen LogP contribution is -2.18. The van der Waals surface area contributed by atoms with Crippen molar-refractivity contribution in [2.45, 2.75) is 19.9 Å². The first-order chi connectivity index (χ1) is 9.02. The number of benzene rings is 2. The van der Waals surface area contributed by atoms with Crippen molar-refractivity contribution in [3.8, 4) is 0 Å². The molecular formula is C16H17ClFN. The van der Waals surface area contributed by atoms with Gasteiger partial charge in [0.25, 0.3) is 0 Å². The summed E-state index contributed by atoms with van der Waals surface area (Å²) in [5.41, 5.74) is 3.81. The maximum absolute atomic E-state index is 13.5. The molecule has 1 atom stereocenters. The summed E-state index contributed by atoms with van der Waals surface area (Å²) in [6, 6.07) is 11.4. The Balaban J connectivity index is 2.51. The molecule has 0 spiro atoms. The molecule has 0 amide bonds. The van der Waals surface area contributed by atoms with Gasteiger partial charge in [0.2, 0.25) is 0 Å². The van der Waals surface area contributed by atoms with E-state index in [9.17, 15) is 4.39 Å². The highest BCUT2D eigenvalue weighted by molar-refractivity contribution is 6.31. The van der Waals surface area contributed by atoms with E-state index in [1.165, 1.54) is 11.6 Å². The van der Waals surface area contributed by atoms with E-state index in [-0.39, 0.29) is 11.9 Å². The van der Waals surface area contributed by atoms with Crippen molar-refractivity contribution >= 4 is 11.6 Å². The summed E-state index contributed by atoms with van der Waals surface area (Å²) in [6.45, 7) is 3.80. The van der Waals surface area contributed by atoms with Crippen LogP contribution in [0.25, 0.3) is 0 Å². The van der Waals surface area contributed by atoms with Crippen LogP contribution in [0.5, 0.6) is 0 Å². The van der Waals surface area contributed by atoms with Gasteiger partial charge in [-0.1, -0.05) is 41.4 Å². The number of aryl methyl sites for hydroxylation is 2. The van der Waals surface area contributed by atoms with Crippen molar-refractivity contribution < 1.29 is 4.39 Å². The minimum Gasteiger partial charge on any atom is -0.309 e. The number of nitrogens with one attached hydrogen (secondary N) is 1. The molecule has 0 saturated heterocycles. The minimum absolute atomic E-state index is 0.0355. The normalized spacial score (nSPS) is 12.5. The van der Waals surface area contributed by atoms with Crippen molar-refractivity contribution in [1.29, 1.82) is 0 Å². The van der Waals surface area contributed by atoms with Crippen LogP contribution in [-0.2, 0) is 0 Å². The van der Waals surface area contributed by atoms with Gasteiger partial charge in [-0.3, -0.25) is 0 Å². The number of hydrogen-bond acceptors (Lipinski definition) is 1. The summed E-state index contributed by atoms with van der Waals surface area (Å²) in [5, 5.41) is 3.69. The van der Waals surface area contributed by atoms with E-state index in [1.54, 1.807) is 13.0 Å². The Hall–Kier alpha value is -1.38. The lowest BCUT2D eigenvalue weighted by molar-refractivity contribution is 0.614. The molecule has 1 N–H and O–H groups in total. The second-order valence-electron chi connectivity index (χ2n) is 4.76. The molecule has 1 unspecified atom stereocenters. The molecule has 0 aliphatic carbocycles. The Bertz CT molecular complexity index is 595. The van der Waals surface area contributed by atoms with Gasteiger partial charge in [0.05, 0.1) is 6.04 Å². The van der Waals surface area contributed by atoms with Gasteiger partial charge >= 0.3 is 0 Å². The molecule has 2 aromatic rings. The predicted octanol–water partition coefficient (Wildman–Crippen LogP) is 4.40. The number of halogens is 2. The second kappa shape index (κ2) is 5.72. The van der Waals surface area contributed by atoms with E-state index in [4.69, 9.17) is 11.6 Å². The summed E-state index contributed by atoms with van der Waals surface area (Å²) in [7, 11) is 1.88. The van der Waals surface area contributed by atoms with Gasteiger partial charge in [0.15, 0.2) is 0 Å². The Kier molecular flexibility index (Phi) is 4.23. The largest absolute Gasteiger partial charge is 0.309 e. The van der Waals surface area contributed by atoms with Crippen molar-refractivity contribution in [1.82, 2.24) is 5.32 Å². The third-order valence-corrected chi connectivity index (χ3v) is 3.58. The van der Waals surface area contributed by atoms with Gasteiger partial charge in [0.1, 0.15) is 5.82 Å². The highest BCUT2D eigenvalue weighted by atomic mass is 35.5. The zero-order valence-corrected chi connectivity index (χ0v) is 12.1. The summed E-state index contributed by atoms with van der Waals surface area (Å²) in [4.78, 5) is 0. The maximum Gasteiger partial charge on any atom is 0.127 e. The Morgan fingerprint density at radius 1 is 1.16 bits per heavy atom. The molecule has 0 radical (unpaired) electrons. The first-order valence-electron chi connectivity index (χ1n) is 6.22. The van der Waals surface area contributed by atoms with Gasteiger partial charge in [-0.05, 0) is 49.7 Å². The van der Waals surface area contributed by atoms with Gasteiger partial charge in [0, 0.05) is 5.02 Å². The van der Waals surface area contributed by atoms with Gasteiger partial charge in [-0.15, -0.1) is 0 Å². The van der Waals surface area contributed by atoms with Crippen LogP contribution in [0, 0.1) is 19.7 Å². The quantitative estimate of drug-likeness (QED) is 0.876. The minimum atomic E-state index is -0.271. The van der Waals surface area contributed by atoms with Crippen LogP contribution in [0.1, 0.15) is 28.3 Å². The molecule has 0 aliphatic rings. The first-order valence-corrected chi connectivity index (χ1v) is 6.60. The third-order valence-electron chi connectivity index (χ3n) is 3.25. The van der Waals surface area contributed by atoms with Crippen LogP contribution >= 0.6 is 11.6 Å². The molecule has 0 heterocycles. The molecule has 19 heavy (non-hydrogen) atoms. The van der Waals surface area contributed by atoms with Gasteiger partial charge in [-0.2, -0.15) is 0 Å². The summed E-state index contributed by atoms with van der Waals surface area (Å²) in [6.07, 6.45) is 0. The van der Waals surface area contributed by atoms with Gasteiger partial charge < -0.3 is 5.32 Å². The summed E-state index contributed by atoms with van der Waals surface area (Å²) < 4.78 is 13.5. The predicted molar refractivity (Wildman–Crippen MR) is 78.2 cm³/mol. The lowest BCUT2D eigenvalue weighted by Gasteiger charge is -2.20. The lowest BCUT2D eigenvalue weighted by atomic mass is 9.96. The average molecular weight is 278 g/mol.